The molecule has 0 aromatic carbocycles. The van der Waals surface area contributed by atoms with E-state index < -0.39 is 0 Å². The van der Waals surface area contributed by atoms with Gasteiger partial charge in [-0.05, 0) is 50.7 Å². The minimum Gasteiger partial charge on any atom is -0.359 e. The number of rotatable bonds is 4. The Bertz CT molecular complexity index is 1160. The Labute approximate surface area is 190 Å². The van der Waals surface area contributed by atoms with E-state index in [0.717, 1.165) is 66.0 Å². The molecule has 3 aromatic heterocycles. The number of aryl methyl sites for hydroxylation is 1. The molecule has 0 atom stereocenters. The number of carbonyl (C=O) groups is 2. The lowest BCUT2D eigenvalue weighted by molar-refractivity contribution is -0.125. The first-order valence-electron chi connectivity index (χ1n) is 11.1. The maximum atomic E-state index is 12.1. The van der Waals surface area contributed by atoms with Crippen molar-refractivity contribution in [2.45, 2.75) is 51.5 Å². The second-order valence-corrected chi connectivity index (χ2v) is 9.46. The van der Waals surface area contributed by atoms with E-state index in [-0.39, 0.29) is 23.8 Å². The highest BCUT2D eigenvalue weighted by atomic mass is 32.1. The van der Waals surface area contributed by atoms with Crippen LogP contribution in [0.4, 0.5) is 5.13 Å². The van der Waals surface area contributed by atoms with Crippen LogP contribution in [-0.2, 0) is 22.4 Å². The van der Waals surface area contributed by atoms with Crippen molar-refractivity contribution < 1.29 is 9.59 Å². The number of nitrogens with one attached hydrogen (secondary N) is 2. The van der Waals surface area contributed by atoms with Crippen LogP contribution >= 0.6 is 11.3 Å². The van der Waals surface area contributed by atoms with Crippen LogP contribution in [0.3, 0.4) is 0 Å². The van der Waals surface area contributed by atoms with Crippen LogP contribution in [0.15, 0.2) is 24.5 Å². The van der Waals surface area contributed by atoms with Gasteiger partial charge in [0.2, 0.25) is 11.8 Å². The number of hydrogen-bond acceptors (Lipinski definition) is 6. The SMILES string of the molecule is CNC(=O)C1CCC(n2nc(-c3cccnc3)c3c2-c2sc(NC(C)=O)nc2CC3)CC1. The summed E-state index contributed by atoms with van der Waals surface area (Å²) >= 11 is 1.52. The molecule has 0 bridgehead atoms. The molecule has 3 aromatic rings. The molecule has 1 fully saturated rings. The maximum Gasteiger partial charge on any atom is 0.223 e. The summed E-state index contributed by atoms with van der Waals surface area (Å²) in [6.07, 6.45) is 8.83. The Hall–Kier alpha value is -3.07. The summed E-state index contributed by atoms with van der Waals surface area (Å²) in [5.41, 5.74) is 5.34. The molecular formula is C23H26N6O2S. The predicted octanol–water partition coefficient (Wildman–Crippen LogP) is 3.60. The van der Waals surface area contributed by atoms with Crippen molar-refractivity contribution in [3.05, 3.63) is 35.8 Å². The zero-order valence-electron chi connectivity index (χ0n) is 18.2. The number of aromatic nitrogens is 4. The van der Waals surface area contributed by atoms with Crippen molar-refractivity contribution in [3.63, 3.8) is 0 Å². The van der Waals surface area contributed by atoms with Gasteiger partial charge in [-0.2, -0.15) is 5.10 Å². The van der Waals surface area contributed by atoms with Crippen molar-refractivity contribution in [2.24, 2.45) is 5.92 Å². The highest BCUT2D eigenvalue weighted by Gasteiger charge is 2.34. The van der Waals surface area contributed by atoms with E-state index in [1.165, 1.54) is 23.8 Å². The first-order chi connectivity index (χ1) is 15.5. The Morgan fingerprint density at radius 3 is 2.69 bits per heavy atom. The number of hydrogen-bond donors (Lipinski definition) is 2. The van der Waals surface area contributed by atoms with E-state index in [9.17, 15) is 9.59 Å². The fraction of sp³-hybridized carbons (Fsp3) is 0.435. The van der Waals surface area contributed by atoms with E-state index in [1.54, 1.807) is 13.2 Å². The fourth-order valence-corrected chi connectivity index (χ4v) is 6.01. The molecule has 3 heterocycles. The summed E-state index contributed by atoms with van der Waals surface area (Å²) in [7, 11) is 1.70. The Balaban J connectivity index is 1.57. The Morgan fingerprint density at radius 1 is 1.19 bits per heavy atom. The molecule has 1 saturated carbocycles. The van der Waals surface area contributed by atoms with Crippen molar-refractivity contribution in [2.75, 3.05) is 12.4 Å². The number of carbonyl (C=O) groups excluding carboxylic acids is 2. The quantitative estimate of drug-likeness (QED) is 0.632. The average Bonchev–Trinajstić information content (AvgIpc) is 3.39. The van der Waals surface area contributed by atoms with Gasteiger partial charge in [0.05, 0.1) is 28.0 Å². The fourth-order valence-electron chi connectivity index (χ4n) is 4.89. The number of thiazole rings is 1. The zero-order valence-corrected chi connectivity index (χ0v) is 19.0. The van der Waals surface area contributed by atoms with Crippen LogP contribution in [0.1, 0.15) is 49.9 Å². The molecule has 0 unspecified atom stereocenters. The molecule has 0 radical (unpaired) electrons. The summed E-state index contributed by atoms with van der Waals surface area (Å²) in [6.45, 7) is 1.50. The highest BCUT2D eigenvalue weighted by molar-refractivity contribution is 7.19. The molecule has 2 N–H and O–H groups in total. The highest BCUT2D eigenvalue weighted by Crippen LogP contribution is 2.46. The predicted molar refractivity (Wildman–Crippen MR) is 123 cm³/mol. The van der Waals surface area contributed by atoms with Crippen molar-refractivity contribution >= 4 is 28.3 Å². The molecule has 32 heavy (non-hydrogen) atoms. The van der Waals surface area contributed by atoms with E-state index >= 15 is 0 Å². The molecule has 0 saturated heterocycles. The summed E-state index contributed by atoms with van der Waals surface area (Å²) in [4.78, 5) is 33.8. The minimum absolute atomic E-state index is 0.0748. The third-order valence-electron chi connectivity index (χ3n) is 6.41. The van der Waals surface area contributed by atoms with Gasteiger partial charge in [0.1, 0.15) is 0 Å². The molecule has 8 nitrogen and oxygen atoms in total. The van der Waals surface area contributed by atoms with Gasteiger partial charge in [0.15, 0.2) is 5.13 Å². The van der Waals surface area contributed by atoms with Gasteiger partial charge in [-0.15, -0.1) is 0 Å². The summed E-state index contributed by atoms with van der Waals surface area (Å²) < 4.78 is 2.17. The first kappa shape index (κ1) is 20.8. The Morgan fingerprint density at radius 2 is 2.00 bits per heavy atom. The molecule has 2 aliphatic rings. The smallest absolute Gasteiger partial charge is 0.223 e. The van der Waals surface area contributed by atoms with Gasteiger partial charge in [-0.1, -0.05) is 11.3 Å². The molecular weight excluding hydrogens is 424 g/mol. The number of nitrogens with zero attached hydrogens (tertiary/aromatic N) is 4. The van der Waals surface area contributed by atoms with Gasteiger partial charge in [0.25, 0.3) is 0 Å². The van der Waals surface area contributed by atoms with Gasteiger partial charge in [0, 0.05) is 43.4 Å². The normalized spacial score (nSPS) is 19.7. The van der Waals surface area contributed by atoms with E-state index in [1.807, 2.05) is 18.3 Å². The number of fused-ring (bicyclic) bond motifs is 3. The lowest BCUT2D eigenvalue weighted by atomic mass is 9.85. The summed E-state index contributed by atoms with van der Waals surface area (Å²) in [5.74, 6) is 0.0888. The van der Waals surface area contributed by atoms with Gasteiger partial charge in [-0.3, -0.25) is 19.3 Å². The van der Waals surface area contributed by atoms with Crippen LogP contribution in [0, 0.1) is 5.92 Å². The largest absolute Gasteiger partial charge is 0.359 e. The summed E-state index contributed by atoms with van der Waals surface area (Å²) in [5, 5.41) is 11.4. The van der Waals surface area contributed by atoms with Crippen LogP contribution in [0.5, 0.6) is 0 Å². The molecule has 5 rings (SSSR count). The van der Waals surface area contributed by atoms with Crippen molar-refractivity contribution in [1.29, 1.82) is 0 Å². The second-order valence-electron chi connectivity index (χ2n) is 8.46. The first-order valence-corrected chi connectivity index (χ1v) is 11.9. The Kier molecular flexibility index (Phi) is 5.50. The van der Waals surface area contributed by atoms with Gasteiger partial charge < -0.3 is 10.6 Å². The van der Waals surface area contributed by atoms with Crippen molar-refractivity contribution in [3.8, 4) is 21.8 Å². The number of anilines is 1. The molecule has 166 valence electrons. The third-order valence-corrected chi connectivity index (χ3v) is 7.43. The molecule has 9 heteroatoms. The van der Waals surface area contributed by atoms with Gasteiger partial charge in [-0.25, -0.2) is 4.98 Å². The zero-order chi connectivity index (χ0) is 22.2. The van der Waals surface area contributed by atoms with E-state index in [0.29, 0.717) is 5.13 Å². The average molecular weight is 451 g/mol. The monoisotopic (exact) mass is 450 g/mol. The maximum absolute atomic E-state index is 12.1. The van der Waals surface area contributed by atoms with Crippen LogP contribution < -0.4 is 10.6 Å². The number of pyridine rings is 1. The minimum atomic E-state index is -0.117. The molecule has 0 aliphatic heterocycles. The molecule has 2 amide bonds. The topological polar surface area (TPSA) is 102 Å². The third kappa shape index (κ3) is 3.70. The lowest BCUT2D eigenvalue weighted by Crippen LogP contribution is -2.31. The van der Waals surface area contributed by atoms with Gasteiger partial charge >= 0.3 is 0 Å². The summed E-state index contributed by atoms with van der Waals surface area (Å²) in [6, 6.07) is 4.21. The molecule has 2 aliphatic carbocycles. The lowest BCUT2D eigenvalue weighted by Gasteiger charge is -2.29. The number of amides is 2. The standard InChI is InChI=1S/C23H26N6O2S/c1-13(30)26-23-27-18-10-9-17-19(15-4-3-11-25-12-15)28-29(20(17)21(18)32-23)16-7-5-14(6-8-16)22(31)24-2/h3-4,11-12,14,16H,5-10H2,1-2H3,(H,24,31)(H,26,27,30). The van der Waals surface area contributed by atoms with Crippen LogP contribution in [-0.4, -0.2) is 38.6 Å². The molecule has 0 spiro atoms. The second kappa shape index (κ2) is 8.46. The van der Waals surface area contributed by atoms with Crippen LogP contribution in [0.2, 0.25) is 0 Å². The van der Waals surface area contributed by atoms with Crippen LogP contribution in [0.25, 0.3) is 21.8 Å². The van der Waals surface area contributed by atoms with Crippen molar-refractivity contribution in [1.82, 2.24) is 25.1 Å². The van der Waals surface area contributed by atoms with E-state index in [4.69, 9.17) is 5.10 Å². The van der Waals surface area contributed by atoms with E-state index in [2.05, 4.69) is 25.3 Å².